The normalized spacial score (nSPS) is 15.1. The molecule has 0 unspecified atom stereocenters. The van der Waals surface area contributed by atoms with Crippen LogP contribution in [0.5, 0.6) is 0 Å². The van der Waals surface area contributed by atoms with Crippen molar-refractivity contribution in [3.8, 4) is 0 Å². The second kappa shape index (κ2) is 9.19. The number of fused-ring (bicyclic) bond motifs is 1. The summed E-state index contributed by atoms with van der Waals surface area (Å²) in [5.41, 5.74) is 3.35. The fraction of sp³-hybridized carbons (Fsp3) is 0.0769. The van der Waals surface area contributed by atoms with E-state index in [1.54, 1.807) is 30.3 Å². The van der Waals surface area contributed by atoms with Crippen LogP contribution >= 0.6 is 27.7 Å². The first-order valence-corrected chi connectivity index (χ1v) is 12.0. The Morgan fingerprint density at radius 2 is 1.47 bits per heavy atom. The van der Waals surface area contributed by atoms with E-state index in [1.807, 2.05) is 29.0 Å². The fourth-order valence-electron chi connectivity index (χ4n) is 3.88. The van der Waals surface area contributed by atoms with Crippen molar-refractivity contribution in [2.75, 3.05) is 0 Å². The molecular weight excluding hydrogens is 522 g/mol. The van der Waals surface area contributed by atoms with Gasteiger partial charge in [0.05, 0.1) is 11.4 Å². The predicted octanol–water partition coefficient (Wildman–Crippen LogP) is 6.97. The second-order valence-corrected chi connectivity index (χ2v) is 9.80. The fourth-order valence-corrected chi connectivity index (χ4v) is 5.07. The van der Waals surface area contributed by atoms with E-state index in [9.17, 15) is 18.4 Å². The second-order valence-electron chi connectivity index (χ2n) is 7.89. The van der Waals surface area contributed by atoms with Crippen molar-refractivity contribution in [2.24, 2.45) is 0 Å². The molecule has 0 bridgehead atoms. The van der Waals surface area contributed by atoms with Crippen molar-refractivity contribution in [3.63, 3.8) is 0 Å². The van der Waals surface area contributed by atoms with E-state index < -0.39 is 0 Å². The van der Waals surface area contributed by atoms with Crippen molar-refractivity contribution in [2.45, 2.75) is 13.1 Å². The molecule has 0 aliphatic carbocycles. The van der Waals surface area contributed by atoms with E-state index >= 15 is 0 Å². The first-order chi connectivity index (χ1) is 16.4. The van der Waals surface area contributed by atoms with Gasteiger partial charge in [-0.1, -0.05) is 40.2 Å². The zero-order valence-corrected chi connectivity index (χ0v) is 20.1. The van der Waals surface area contributed by atoms with E-state index in [4.69, 9.17) is 0 Å². The number of halogens is 3. The smallest absolute Gasteiger partial charge is 0.293 e. The zero-order chi connectivity index (χ0) is 23.8. The minimum Gasteiger partial charge on any atom is -0.342 e. The molecule has 2 heterocycles. The first-order valence-electron chi connectivity index (χ1n) is 10.4. The van der Waals surface area contributed by atoms with E-state index in [0.29, 0.717) is 17.0 Å². The van der Waals surface area contributed by atoms with Crippen LogP contribution in [-0.4, -0.2) is 20.6 Å². The summed E-state index contributed by atoms with van der Waals surface area (Å²) in [4.78, 5) is 27.1. The van der Waals surface area contributed by atoms with Crippen molar-refractivity contribution < 1.29 is 18.4 Å². The number of hydrogen-bond acceptors (Lipinski definition) is 3. The maximum Gasteiger partial charge on any atom is 0.293 e. The van der Waals surface area contributed by atoms with E-state index in [-0.39, 0.29) is 29.3 Å². The van der Waals surface area contributed by atoms with Gasteiger partial charge in [0.15, 0.2) is 0 Å². The number of amides is 2. The number of hydrogen-bond donors (Lipinski definition) is 0. The molecule has 34 heavy (non-hydrogen) atoms. The van der Waals surface area contributed by atoms with Gasteiger partial charge in [-0.05, 0) is 71.4 Å². The van der Waals surface area contributed by atoms with E-state index in [1.165, 1.54) is 24.3 Å². The number of benzene rings is 3. The first kappa shape index (κ1) is 22.6. The van der Waals surface area contributed by atoms with Crippen molar-refractivity contribution in [1.82, 2.24) is 9.47 Å². The van der Waals surface area contributed by atoms with Crippen LogP contribution in [0.15, 0.2) is 82.3 Å². The van der Waals surface area contributed by atoms with Gasteiger partial charge < -0.3 is 4.57 Å². The maximum atomic E-state index is 13.3. The molecule has 4 aromatic rings. The summed E-state index contributed by atoms with van der Waals surface area (Å²) in [5.74, 6) is -1.04. The van der Waals surface area contributed by atoms with Crippen LogP contribution in [0.25, 0.3) is 17.0 Å². The van der Waals surface area contributed by atoms with Crippen LogP contribution in [0, 0.1) is 11.6 Å². The van der Waals surface area contributed by atoms with Gasteiger partial charge in [0, 0.05) is 33.7 Å². The monoisotopic (exact) mass is 538 g/mol. The van der Waals surface area contributed by atoms with Crippen LogP contribution in [0.1, 0.15) is 16.7 Å². The lowest BCUT2D eigenvalue weighted by Crippen LogP contribution is -2.27. The lowest BCUT2D eigenvalue weighted by Gasteiger charge is -2.12. The van der Waals surface area contributed by atoms with Gasteiger partial charge in [0.1, 0.15) is 11.6 Å². The van der Waals surface area contributed by atoms with Crippen LogP contribution in [0.2, 0.25) is 0 Å². The SMILES string of the molecule is O=C1S/C(=C\c2cn(Cc3ccc(F)cc3)c3ccc(Br)cc23)C(=O)N1Cc1ccc(F)cc1. The van der Waals surface area contributed by atoms with Crippen molar-refractivity contribution in [3.05, 3.63) is 111 Å². The highest BCUT2D eigenvalue weighted by atomic mass is 79.9. The number of thioether (sulfide) groups is 1. The highest BCUT2D eigenvalue weighted by Gasteiger charge is 2.35. The van der Waals surface area contributed by atoms with Crippen molar-refractivity contribution in [1.29, 1.82) is 0 Å². The molecule has 0 spiro atoms. The van der Waals surface area contributed by atoms with Crippen molar-refractivity contribution >= 4 is 55.8 Å². The molecule has 0 atom stereocenters. The molecule has 8 heteroatoms. The maximum absolute atomic E-state index is 13.3. The summed E-state index contributed by atoms with van der Waals surface area (Å²) in [5, 5.41) is 0.554. The van der Waals surface area contributed by atoms with Crippen LogP contribution in [0.4, 0.5) is 13.6 Å². The quantitative estimate of drug-likeness (QED) is 0.258. The number of carbonyl (C=O) groups is 2. The largest absolute Gasteiger partial charge is 0.342 e. The number of imide groups is 1. The van der Waals surface area contributed by atoms with Crippen LogP contribution in [-0.2, 0) is 17.9 Å². The Labute approximate surface area is 207 Å². The Balaban J connectivity index is 1.47. The van der Waals surface area contributed by atoms with Gasteiger partial charge in [-0.15, -0.1) is 0 Å². The summed E-state index contributed by atoms with van der Waals surface area (Å²) in [6.07, 6.45) is 3.65. The number of aromatic nitrogens is 1. The molecule has 0 radical (unpaired) electrons. The summed E-state index contributed by atoms with van der Waals surface area (Å²) in [6.45, 7) is 0.610. The highest BCUT2D eigenvalue weighted by molar-refractivity contribution is 9.10. The molecule has 3 aromatic carbocycles. The molecule has 1 aliphatic heterocycles. The standard InChI is InChI=1S/C26H17BrF2N2O2S/c27-19-5-10-23-22(12-19)18(15-30(23)13-16-1-6-20(28)7-2-16)11-24-25(32)31(26(33)34-24)14-17-3-8-21(29)9-4-17/h1-12,15H,13-14H2/b24-11-. The summed E-state index contributed by atoms with van der Waals surface area (Å²) >= 11 is 4.39. The number of carbonyl (C=O) groups excluding carboxylic acids is 2. The molecule has 4 nitrogen and oxygen atoms in total. The van der Waals surface area contributed by atoms with E-state index in [0.717, 1.165) is 43.2 Å². The Morgan fingerprint density at radius 3 is 2.12 bits per heavy atom. The molecule has 1 aromatic heterocycles. The Morgan fingerprint density at radius 1 is 0.853 bits per heavy atom. The molecule has 0 N–H and O–H groups in total. The summed E-state index contributed by atoms with van der Waals surface area (Å²) in [7, 11) is 0. The van der Waals surface area contributed by atoms with Gasteiger partial charge in [0.2, 0.25) is 0 Å². The molecule has 2 amide bonds. The van der Waals surface area contributed by atoms with Gasteiger partial charge in [-0.3, -0.25) is 14.5 Å². The van der Waals surface area contributed by atoms with E-state index in [2.05, 4.69) is 15.9 Å². The third-order valence-corrected chi connectivity index (χ3v) is 6.95. The molecular formula is C26H17BrF2N2O2S. The van der Waals surface area contributed by atoms with Gasteiger partial charge >= 0.3 is 0 Å². The molecule has 0 saturated carbocycles. The Hall–Kier alpha value is -3.23. The third kappa shape index (κ3) is 4.56. The lowest BCUT2D eigenvalue weighted by molar-refractivity contribution is -0.123. The molecule has 1 fully saturated rings. The molecule has 1 saturated heterocycles. The average molecular weight is 539 g/mol. The highest BCUT2D eigenvalue weighted by Crippen LogP contribution is 2.35. The third-order valence-electron chi connectivity index (χ3n) is 5.55. The van der Waals surface area contributed by atoms with Crippen LogP contribution < -0.4 is 0 Å². The Kier molecular flexibility index (Phi) is 6.10. The predicted molar refractivity (Wildman–Crippen MR) is 133 cm³/mol. The Bertz CT molecular complexity index is 1450. The number of nitrogens with zero attached hydrogens (tertiary/aromatic N) is 2. The minimum atomic E-state index is -0.381. The molecule has 170 valence electrons. The summed E-state index contributed by atoms with van der Waals surface area (Å²) < 4.78 is 29.4. The topological polar surface area (TPSA) is 42.3 Å². The summed E-state index contributed by atoms with van der Waals surface area (Å²) in [6, 6.07) is 17.9. The molecule has 5 rings (SSSR count). The lowest BCUT2D eigenvalue weighted by atomic mass is 10.1. The zero-order valence-electron chi connectivity index (χ0n) is 17.7. The van der Waals surface area contributed by atoms with Gasteiger partial charge in [-0.2, -0.15) is 0 Å². The average Bonchev–Trinajstić information content (AvgIpc) is 3.28. The van der Waals surface area contributed by atoms with Crippen LogP contribution in [0.3, 0.4) is 0 Å². The molecule has 1 aliphatic rings. The minimum absolute atomic E-state index is 0.0835. The van der Waals surface area contributed by atoms with Gasteiger partial charge in [-0.25, -0.2) is 8.78 Å². The van der Waals surface area contributed by atoms with Gasteiger partial charge in [0.25, 0.3) is 11.1 Å². The number of rotatable bonds is 5.